The second-order valence-corrected chi connectivity index (χ2v) is 8.05. The highest BCUT2D eigenvalue weighted by Gasteiger charge is 2.40. The van der Waals surface area contributed by atoms with Gasteiger partial charge in [-0.25, -0.2) is 0 Å². The van der Waals surface area contributed by atoms with Gasteiger partial charge in [0.25, 0.3) is 0 Å². The molecule has 2 heterocycles. The first kappa shape index (κ1) is 19.1. The van der Waals surface area contributed by atoms with Gasteiger partial charge in [0.1, 0.15) is 0 Å². The average molecular weight is 382 g/mol. The smallest absolute Gasteiger partial charge is 0.161 e. The van der Waals surface area contributed by atoms with Crippen LogP contribution in [0.25, 0.3) is 0 Å². The van der Waals surface area contributed by atoms with Gasteiger partial charge in [-0.15, -0.1) is 0 Å². The lowest BCUT2D eigenvalue weighted by atomic mass is 9.84. The Hall–Kier alpha value is -2.24. The highest BCUT2D eigenvalue weighted by atomic mass is 16.5. The van der Waals surface area contributed by atoms with Crippen molar-refractivity contribution in [2.24, 2.45) is 0 Å². The van der Waals surface area contributed by atoms with Gasteiger partial charge in [-0.1, -0.05) is 12.1 Å². The first-order valence-electron chi connectivity index (χ1n) is 10.1. The molecule has 2 aromatic rings. The van der Waals surface area contributed by atoms with Crippen molar-refractivity contribution < 1.29 is 9.47 Å². The summed E-state index contributed by atoms with van der Waals surface area (Å²) >= 11 is 0. The van der Waals surface area contributed by atoms with Crippen molar-refractivity contribution in [2.45, 2.75) is 38.0 Å². The third-order valence-electron chi connectivity index (χ3n) is 6.17. The number of rotatable bonds is 4. The molecule has 2 aliphatic heterocycles. The number of ether oxygens (including phenoxy) is 2. The summed E-state index contributed by atoms with van der Waals surface area (Å²) < 4.78 is 11.1. The summed E-state index contributed by atoms with van der Waals surface area (Å²) in [6.07, 6.45) is 2.34. The molecule has 3 atom stereocenters. The van der Waals surface area contributed by atoms with Crippen LogP contribution < -0.4 is 19.7 Å². The molecule has 0 amide bonds. The van der Waals surface area contributed by atoms with Crippen LogP contribution in [0.15, 0.2) is 36.4 Å². The largest absolute Gasteiger partial charge is 0.493 e. The molecule has 1 saturated heterocycles. The van der Waals surface area contributed by atoms with E-state index in [2.05, 4.69) is 72.5 Å². The van der Waals surface area contributed by atoms with Crippen LogP contribution in [0.3, 0.4) is 0 Å². The summed E-state index contributed by atoms with van der Waals surface area (Å²) in [6, 6.07) is 14.1. The van der Waals surface area contributed by atoms with Crippen LogP contribution in [0.1, 0.15) is 42.2 Å². The van der Waals surface area contributed by atoms with E-state index in [4.69, 9.17) is 9.47 Å². The molecule has 0 saturated carbocycles. The Kier molecular flexibility index (Phi) is 5.21. The van der Waals surface area contributed by atoms with E-state index in [9.17, 15) is 0 Å². The van der Waals surface area contributed by atoms with Gasteiger partial charge < -0.3 is 14.4 Å². The molecular weight excluding hydrogens is 350 g/mol. The lowest BCUT2D eigenvalue weighted by Gasteiger charge is -2.50. The molecule has 4 rings (SSSR count). The van der Waals surface area contributed by atoms with E-state index in [-0.39, 0.29) is 6.17 Å². The normalized spacial score (nSPS) is 24.2. The Bertz CT molecular complexity index is 834. The van der Waals surface area contributed by atoms with Gasteiger partial charge in [-0.05, 0) is 67.3 Å². The molecule has 2 aromatic carbocycles. The Balaban J connectivity index is 1.70. The van der Waals surface area contributed by atoms with Crippen LogP contribution in [-0.4, -0.2) is 45.8 Å². The van der Waals surface area contributed by atoms with Crippen LogP contribution in [0.2, 0.25) is 0 Å². The topological polar surface area (TPSA) is 37.0 Å². The molecule has 28 heavy (non-hydrogen) atoms. The van der Waals surface area contributed by atoms with Crippen LogP contribution in [-0.2, 0) is 6.42 Å². The van der Waals surface area contributed by atoms with Gasteiger partial charge >= 0.3 is 0 Å². The number of hydrogen-bond acceptors (Lipinski definition) is 5. The van der Waals surface area contributed by atoms with E-state index < -0.39 is 0 Å². The third-order valence-corrected chi connectivity index (χ3v) is 6.17. The van der Waals surface area contributed by atoms with Crippen molar-refractivity contribution >= 4 is 5.69 Å². The predicted octanol–water partition coefficient (Wildman–Crippen LogP) is 3.75. The van der Waals surface area contributed by atoms with E-state index in [0.29, 0.717) is 12.1 Å². The minimum absolute atomic E-state index is 0.228. The van der Waals surface area contributed by atoms with E-state index in [0.717, 1.165) is 30.9 Å². The van der Waals surface area contributed by atoms with Crippen LogP contribution >= 0.6 is 0 Å². The Morgan fingerprint density at radius 1 is 1.04 bits per heavy atom. The fourth-order valence-electron chi connectivity index (χ4n) is 4.76. The fourth-order valence-corrected chi connectivity index (χ4v) is 4.76. The molecule has 2 aliphatic rings. The van der Waals surface area contributed by atoms with Crippen LogP contribution in [0, 0.1) is 0 Å². The fraction of sp³-hybridized carbons (Fsp3) is 0.478. The van der Waals surface area contributed by atoms with Crippen LogP contribution in [0.5, 0.6) is 11.5 Å². The molecule has 0 unspecified atom stereocenters. The first-order chi connectivity index (χ1) is 13.5. The van der Waals surface area contributed by atoms with Crippen molar-refractivity contribution in [1.82, 2.24) is 10.2 Å². The van der Waals surface area contributed by atoms with E-state index in [1.54, 1.807) is 14.2 Å². The van der Waals surface area contributed by atoms with Crippen molar-refractivity contribution in [2.75, 3.05) is 39.8 Å². The number of nitrogens with zero attached hydrogens (tertiary/aromatic N) is 2. The highest BCUT2D eigenvalue weighted by molar-refractivity contribution is 5.50. The molecule has 0 aromatic heterocycles. The third kappa shape index (κ3) is 3.23. The van der Waals surface area contributed by atoms with Gasteiger partial charge in [-0.2, -0.15) is 0 Å². The minimum Gasteiger partial charge on any atom is -0.493 e. The molecule has 1 N–H and O–H groups in total. The summed E-state index contributed by atoms with van der Waals surface area (Å²) in [6.45, 7) is 3.34. The van der Waals surface area contributed by atoms with E-state index in [1.807, 2.05) is 0 Å². The molecule has 0 bridgehead atoms. The maximum Gasteiger partial charge on any atom is 0.161 e. The maximum atomic E-state index is 5.59. The van der Waals surface area contributed by atoms with Gasteiger partial charge in [0.05, 0.1) is 20.4 Å². The average Bonchev–Trinajstić information content (AvgIpc) is 2.72. The summed E-state index contributed by atoms with van der Waals surface area (Å²) in [5, 5.41) is 3.75. The monoisotopic (exact) mass is 381 g/mol. The van der Waals surface area contributed by atoms with Crippen molar-refractivity contribution in [3.63, 3.8) is 0 Å². The number of hydrogen-bond donors (Lipinski definition) is 1. The van der Waals surface area contributed by atoms with E-state index >= 15 is 0 Å². The molecule has 0 radical (unpaired) electrons. The van der Waals surface area contributed by atoms with Crippen molar-refractivity contribution in [3.05, 3.63) is 53.1 Å². The lowest BCUT2D eigenvalue weighted by molar-refractivity contribution is 0.0206. The summed E-state index contributed by atoms with van der Waals surface area (Å²) in [4.78, 5) is 4.78. The van der Waals surface area contributed by atoms with Crippen molar-refractivity contribution in [1.29, 1.82) is 0 Å². The SMILES string of the molecule is COc1cc2c(cc1OC)[C@H]1CCN[C@@H](c3ccc(N(C)C)cc3)N1[C@H](C)C2. The second kappa shape index (κ2) is 7.64. The molecule has 0 aliphatic carbocycles. The van der Waals surface area contributed by atoms with Gasteiger partial charge in [-0.3, -0.25) is 10.2 Å². The Morgan fingerprint density at radius 3 is 2.36 bits per heavy atom. The maximum absolute atomic E-state index is 5.59. The van der Waals surface area contributed by atoms with Crippen molar-refractivity contribution in [3.8, 4) is 11.5 Å². The first-order valence-corrected chi connectivity index (χ1v) is 10.1. The molecule has 0 spiro atoms. The zero-order valence-corrected chi connectivity index (χ0v) is 17.5. The zero-order chi connectivity index (χ0) is 19.8. The zero-order valence-electron chi connectivity index (χ0n) is 17.5. The summed E-state index contributed by atoms with van der Waals surface area (Å²) in [5.41, 5.74) is 5.32. The highest BCUT2D eigenvalue weighted by Crippen LogP contribution is 2.45. The second-order valence-electron chi connectivity index (χ2n) is 8.05. The van der Waals surface area contributed by atoms with Crippen LogP contribution in [0.4, 0.5) is 5.69 Å². The van der Waals surface area contributed by atoms with Gasteiger partial charge in [0.2, 0.25) is 0 Å². The van der Waals surface area contributed by atoms with Gasteiger partial charge in [0.15, 0.2) is 11.5 Å². The molecule has 150 valence electrons. The quantitative estimate of drug-likeness (QED) is 0.873. The lowest BCUT2D eigenvalue weighted by Crippen LogP contribution is -2.53. The summed E-state index contributed by atoms with van der Waals surface area (Å²) in [7, 11) is 7.58. The van der Waals surface area contributed by atoms with E-state index in [1.165, 1.54) is 22.4 Å². The summed E-state index contributed by atoms with van der Waals surface area (Å²) in [5.74, 6) is 1.65. The Morgan fingerprint density at radius 2 is 1.71 bits per heavy atom. The molecule has 5 nitrogen and oxygen atoms in total. The predicted molar refractivity (Wildman–Crippen MR) is 113 cm³/mol. The van der Waals surface area contributed by atoms with Gasteiger partial charge in [0, 0.05) is 31.9 Å². The minimum atomic E-state index is 0.228. The number of benzene rings is 2. The molecular formula is C23H31N3O2. The standard InChI is InChI=1S/C23H31N3O2/c1-15-12-17-13-21(27-4)22(28-5)14-19(17)20-10-11-24-23(26(15)20)16-6-8-18(9-7-16)25(2)3/h6-9,13-15,20,23-24H,10-12H2,1-5H3/t15-,20-,23-/m1/s1. The number of nitrogens with one attached hydrogen (secondary N) is 1. The number of fused-ring (bicyclic) bond motifs is 3. The molecule has 5 heteroatoms. The molecule has 1 fully saturated rings. The Labute approximate surface area is 168 Å². The number of methoxy groups -OCH3 is 2. The number of anilines is 1.